The van der Waals surface area contributed by atoms with Crippen LogP contribution in [0.2, 0.25) is 0 Å². The fourth-order valence-corrected chi connectivity index (χ4v) is 2.74. The van der Waals surface area contributed by atoms with Gasteiger partial charge in [-0.3, -0.25) is 0 Å². The summed E-state index contributed by atoms with van der Waals surface area (Å²) in [5.41, 5.74) is 0. The Labute approximate surface area is 114 Å². The molecule has 0 unspecified atom stereocenters. The van der Waals surface area contributed by atoms with Crippen molar-refractivity contribution in [2.24, 2.45) is 0 Å². The maximum Gasteiger partial charge on any atom is 0.244 e. The summed E-state index contributed by atoms with van der Waals surface area (Å²) in [6.07, 6.45) is 0. The van der Waals surface area contributed by atoms with E-state index in [4.69, 9.17) is 9.47 Å². The Kier molecular flexibility index (Phi) is 6.07. The molecule has 0 bridgehead atoms. The quantitative estimate of drug-likeness (QED) is 0.685. The number of sulfonamides is 1. The normalized spacial score (nSPS) is 11.3. The molecule has 1 rings (SSSR count). The molecule has 1 aromatic carbocycles. The molecule has 0 saturated carbocycles. The number of ether oxygens (including phenoxy) is 2. The van der Waals surface area contributed by atoms with Crippen LogP contribution in [0.3, 0.4) is 0 Å². The number of benzene rings is 1. The maximum atomic E-state index is 12.2. The zero-order chi connectivity index (χ0) is 14.3. The van der Waals surface area contributed by atoms with Gasteiger partial charge in [0.05, 0.1) is 14.2 Å². The first-order valence-corrected chi connectivity index (χ1v) is 7.46. The number of methoxy groups -OCH3 is 2. The largest absolute Gasteiger partial charge is 0.497 e. The van der Waals surface area contributed by atoms with Gasteiger partial charge in [0, 0.05) is 19.2 Å². The Morgan fingerprint density at radius 2 is 1.89 bits per heavy atom. The molecule has 19 heavy (non-hydrogen) atoms. The maximum absolute atomic E-state index is 12.2. The lowest BCUT2D eigenvalue weighted by Crippen LogP contribution is -2.32. The van der Waals surface area contributed by atoms with Gasteiger partial charge in [0.2, 0.25) is 10.0 Å². The van der Waals surface area contributed by atoms with Crippen LogP contribution in [0.15, 0.2) is 23.1 Å². The molecule has 0 aliphatic rings. The van der Waals surface area contributed by atoms with E-state index >= 15 is 0 Å². The Hall–Kier alpha value is -1.31. The summed E-state index contributed by atoms with van der Waals surface area (Å²) in [6.45, 7) is 3.64. The second kappa shape index (κ2) is 7.32. The standard InChI is InChI=1S/C12H20N2O4S/c1-4-13-7-8-14-19(15,16)12-9-10(17-2)5-6-11(12)18-3/h5-6,9,13-14H,4,7-8H2,1-3H3. The minimum Gasteiger partial charge on any atom is -0.497 e. The lowest BCUT2D eigenvalue weighted by molar-refractivity contribution is 0.392. The number of nitrogens with one attached hydrogen (secondary N) is 2. The third-order valence-corrected chi connectivity index (χ3v) is 3.99. The van der Waals surface area contributed by atoms with Crippen LogP contribution in [0.4, 0.5) is 0 Å². The summed E-state index contributed by atoms with van der Waals surface area (Å²) >= 11 is 0. The monoisotopic (exact) mass is 288 g/mol. The van der Waals surface area contributed by atoms with Gasteiger partial charge in [-0.15, -0.1) is 0 Å². The van der Waals surface area contributed by atoms with Crippen molar-refractivity contribution >= 4 is 10.0 Å². The fourth-order valence-electron chi connectivity index (χ4n) is 1.52. The average Bonchev–Trinajstić information content (AvgIpc) is 2.43. The van der Waals surface area contributed by atoms with E-state index in [0.717, 1.165) is 6.54 Å². The van der Waals surface area contributed by atoms with E-state index in [-0.39, 0.29) is 10.6 Å². The van der Waals surface area contributed by atoms with E-state index in [2.05, 4.69) is 10.0 Å². The predicted molar refractivity (Wildman–Crippen MR) is 73.3 cm³/mol. The predicted octanol–water partition coefficient (Wildman–Crippen LogP) is 0.592. The third-order valence-electron chi connectivity index (χ3n) is 2.50. The molecule has 0 atom stereocenters. The van der Waals surface area contributed by atoms with E-state index < -0.39 is 10.0 Å². The second-order valence-electron chi connectivity index (χ2n) is 3.77. The van der Waals surface area contributed by atoms with Crippen LogP contribution in [0.5, 0.6) is 11.5 Å². The average molecular weight is 288 g/mol. The summed E-state index contributed by atoms with van der Waals surface area (Å²) in [5, 5.41) is 3.04. The van der Waals surface area contributed by atoms with Crippen LogP contribution in [-0.2, 0) is 10.0 Å². The molecule has 0 aliphatic heterocycles. The summed E-state index contributed by atoms with van der Waals surface area (Å²) < 4.78 is 36.9. The molecule has 0 spiro atoms. The van der Waals surface area contributed by atoms with E-state index in [1.807, 2.05) is 6.92 Å². The van der Waals surface area contributed by atoms with Gasteiger partial charge in [-0.2, -0.15) is 0 Å². The first kappa shape index (κ1) is 15.7. The molecule has 0 aromatic heterocycles. The Balaban J connectivity index is 2.92. The van der Waals surface area contributed by atoms with Gasteiger partial charge < -0.3 is 14.8 Å². The van der Waals surface area contributed by atoms with Gasteiger partial charge in [0.1, 0.15) is 16.4 Å². The molecular weight excluding hydrogens is 268 g/mol. The van der Waals surface area contributed by atoms with Gasteiger partial charge in [0.25, 0.3) is 0 Å². The topological polar surface area (TPSA) is 76.7 Å². The van der Waals surface area contributed by atoms with E-state index in [9.17, 15) is 8.42 Å². The molecule has 0 aliphatic carbocycles. The van der Waals surface area contributed by atoms with Gasteiger partial charge in [-0.1, -0.05) is 6.92 Å². The van der Waals surface area contributed by atoms with E-state index in [0.29, 0.717) is 18.8 Å². The molecule has 6 nitrogen and oxygen atoms in total. The first-order valence-electron chi connectivity index (χ1n) is 5.97. The van der Waals surface area contributed by atoms with Crippen molar-refractivity contribution in [3.63, 3.8) is 0 Å². The van der Waals surface area contributed by atoms with E-state index in [1.54, 1.807) is 12.1 Å². The number of rotatable bonds is 8. The summed E-state index contributed by atoms with van der Waals surface area (Å²) in [5.74, 6) is 0.754. The summed E-state index contributed by atoms with van der Waals surface area (Å²) in [7, 11) is -0.698. The molecule has 1 aromatic rings. The van der Waals surface area contributed by atoms with E-state index in [1.165, 1.54) is 20.3 Å². The minimum absolute atomic E-state index is 0.0749. The highest BCUT2D eigenvalue weighted by Crippen LogP contribution is 2.27. The number of likely N-dealkylation sites (N-methyl/N-ethyl adjacent to an activating group) is 1. The van der Waals surface area contributed by atoms with Gasteiger partial charge in [-0.25, -0.2) is 13.1 Å². The third kappa shape index (κ3) is 4.38. The highest BCUT2D eigenvalue weighted by Gasteiger charge is 2.19. The molecule has 0 fully saturated rings. The molecule has 2 N–H and O–H groups in total. The van der Waals surface area contributed by atoms with Crippen LogP contribution >= 0.6 is 0 Å². The van der Waals surface area contributed by atoms with Gasteiger partial charge in [0.15, 0.2) is 0 Å². The van der Waals surface area contributed by atoms with Crippen LogP contribution in [0, 0.1) is 0 Å². The molecule has 0 radical (unpaired) electrons. The van der Waals surface area contributed by atoms with Crippen molar-refractivity contribution in [3.05, 3.63) is 18.2 Å². The van der Waals surface area contributed by atoms with Gasteiger partial charge in [-0.05, 0) is 18.7 Å². The SMILES string of the molecule is CCNCCNS(=O)(=O)c1cc(OC)ccc1OC. The van der Waals surface area contributed by atoms with Crippen LogP contribution < -0.4 is 19.5 Å². The Bertz CT molecular complexity index is 502. The summed E-state index contributed by atoms with van der Waals surface area (Å²) in [4.78, 5) is 0.0749. The van der Waals surface area contributed by atoms with Crippen molar-refractivity contribution in [1.29, 1.82) is 0 Å². The van der Waals surface area contributed by atoms with Crippen LogP contribution in [0.25, 0.3) is 0 Å². The van der Waals surface area contributed by atoms with Crippen molar-refractivity contribution in [3.8, 4) is 11.5 Å². The Morgan fingerprint density at radius 1 is 1.16 bits per heavy atom. The second-order valence-corrected chi connectivity index (χ2v) is 5.50. The van der Waals surface area contributed by atoms with Crippen LogP contribution in [-0.4, -0.2) is 42.3 Å². The zero-order valence-corrected chi connectivity index (χ0v) is 12.2. The van der Waals surface area contributed by atoms with Crippen molar-refractivity contribution < 1.29 is 17.9 Å². The van der Waals surface area contributed by atoms with Gasteiger partial charge >= 0.3 is 0 Å². The fraction of sp³-hybridized carbons (Fsp3) is 0.500. The number of hydrogen-bond acceptors (Lipinski definition) is 5. The first-order chi connectivity index (χ1) is 9.05. The molecular formula is C12H20N2O4S. The van der Waals surface area contributed by atoms with Crippen molar-refractivity contribution in [1.82, 2.24) is 10.0 Å². The highest BCUT2D eigenvalue weighted by atomic mass is 32.2. The zero-order valence-electron chi connectivity index (χ0n) is 11.4. The smallest absolute Gasteiger partial charge is 0.244 e. The van der Waals surface area contributed by atoms with Crippen LogP contribution in [0.1, 0.15) is 6.92 Å². The molecule has 0 saturated heterocycles. The highest BCUT2D eigenvalue weighted by molar-refractivity contribution is 7.89. The number of hydrogen-bond donors (Lipinski definition) is 2. The molecule has 0 amide bonds. The molecule has 7 heteroatoms. The van der Waals surface area contributed by atoms with Crippen molar-refractivity contribution in [2.45, 2.75) is 11.8 Å². The lowest BCUT2D eigenvalue weighted by Gasteiger charge is -2.12. The molecule has 108 valence electrons. The molecule has 0 heterocycles. The van der Waals surface area contributed by atoms with Crippen molar-refractivity contribution in [2.75, 3.05) is 33.9 Å². The minimum atomic E-state index is -3.61. The Morgan fingerprint density at radius 3 is 2.47 bits per heavy atom. The summed E-state index contributed by atoms with van der Waals surface area (Å²) in [6, 6.07) is 4.66. The lowest BCUT2D eigenvalue weighted by atomic mass is 10.3.